The molecule has 0 aliphatic heterocycles. The second-order valence-electron chi connectivity index (χ2n) is 8.29. The number of ether oxygens (including phenoxy) is 1. The van der Waals surface area contributed by atoms with E-state index in [4.69, 9.17) is 4.74 Å². The second-order valence-corrected chi connectivity index (χ2v) is 12.1. The summed E-state index contributed by atoms with van der Waals surface area (Å²) in [5.74, 6) is 0.599. The molecular weight excluding hydrogens is 446 g/mol. The molecule has 2 rings (SSSR count). The maximum atomic E-state index is 13.4. The van der Waals surface area contributed by atoms with Gasteiger partial charge in [-0.1, -0.05) is 50.3 Å². The Hall–Kier alpha value is -1.90. The average molecular weight is 482 g/mol. The summed E-state index contributed by atoms with van der Waals surface area (Å²) < 4.78 is 61.6. The van der Waals surface area contributed by atoms with Gasteiger partial charge in [0.25, 0.3) is 0 Å². The van der Waals surface area contributed by atoms with Gasteiger partial charge in [0.2, 0.25) is 10.0 Å². The van der Waals surface area contributed by atoms with Crippen molar-refractivity contribution < 1.29 is 21.6 Å². The maximum Gasteiger partial charge on any atom is 0.242 e. The van der Waals surface area contributed by atoms with E-state index in [9.17, 15) is 16.8 Å². The minimum atomic E-state index is -4.10. The fraction of sp³-hybridized carbons (Fsp3) is 0.500. The monoisotopic (exact) mass is 481 g/mol. The zero-order valence-electron chi connectivity index (χ0n) is 19.9. The van der Waals surface area contributed by atoms with Crippen LogP contribution in [0.15, 0.2) is 40.1 Å². The molecule has 32 heavy (non-hydrogen) atoms. The SMILES string of the molecule is CCCCCCC(NS(=O)(=O)c1c(C)cc(OC)c(C)c1C)S(=O)(=O)c1ccc(C)cc1. The van der Waals surface area contributed by atoms with E-state index in [0.717, 1.165) is 24.8 Å². The topological polar surface area (TPSA) is 89.5 Å². The van der Waals surface area contributed by atoms with E-state index >= 15 is 0 Å². The lowest BCUT2D eigenvalue weighted by Gasteiger charge is -2.22. The summed E-state index contributed by atoms with van der Waals surface area (Å²) in [5.41, 5.74) is 2.70. The summed E-state index contributed by atoms with van der Waals surface area (Å²) in [6.45, 7) is 9.13. The first kappa shape index (κ1) is 26.4. The minimum Gasteiger partial charge on any atom is -0.496 e. The molecule has 178 valence electrons. The van der Waals surface area contributed by atoms with Crippen LogP contribution in [-0.2, 0) is 19.9 Å². The first-order valence-electron chi connectivity index (χ1n) is 10.9. The Kier molecular flexibility index (Phi) is 8.90. The second kappa shape index (κ2) is 10.8. The highest BCUT2D eigenvalue weighted by Crippen LogP contribution is 2.31. The molecule has 1 N–H and O–H groups in total. The number of nitrogens with one attached hydrogen (secondary N) is 1. The Labute approximate surface area is 193 Å². The van der Waals surface area contributed by atoms with Crippen molar-refractivity contribution in [2.24, 2.45) is 0 Å². The van der Waals surface area contributed by atoms with Gasteiger partial charge in [0.05, 0.1) is 16.9 Å². The van der Waals surface area contributed by atoms with Gasteiger partial charge >= 0.3 is 0 Å². The van der Waals surface area contributed by atoms with Gasteiger partial charge in [-0.2, -0.15) is 4.72 Å². The number of sulfonamides is 1. The molecule has 0 aromatic heterocycles. The predicted molar refractivity (Wildman–Crippen MR) is 128 cm³/mol. The summed E-state index contributed by atoms with van der Waals surface area (Å²) in [6.07, 6.45) is 3.65. The Morgan fingerprint density at radius 1 is 0.906 bits per heavy atom. The number of sulfone groups is 1. The smallest absolute Gasteiger partial charge is 0.242 e. The third kappa shape index (κ3) is 5.91. The molecule has 1 atom stereocenters. The molecule has 0 heterocycles. The quantitative estimate of drug-likeness (QED) is 0.457. The first-order valence-corrected chi connectivity index (χ1v) is 14.0. The molecule has 2 aromatic carbocycles. The zero-order valence-corrected chi connectivity index (χ0v) is 21.5. The van der Waals surface area contributed by atoms with E-state index < -0.39 is 25.2 Å². The largest absolute Gasteiger partial charge is 0.496 e. The average Bonchev–Trinajstić information content (AvgIpc) is 2.73. The van der Waals surface area contributed by atoms with Crippen molar-refractivity contribution in [1.82, 2.24) is 4.72 Å². The number of hydrogen-bond donors (Lipinski definition) is 1. The van der Waals surface area contributed by atoms with Gasteiger partial charge in [-0.3, -0.25) is 0 Å². The molecule has 0 bridgehead atoms. The highest BCUT2D eigenvalue weighted by molar-refractivity contribution is 7.94. The van der Waals surface area contributed by atoms with Crippen molar-refractivity contribution >= 4 is 19.9 Å². The summed E-state index contributed by atoms with van der Waals surface area (Å²) in [5, 5.41) is -1.24. The summed E-state index contributed by atoms with van der Waals surface area (Å²) >= 11 is 0. The molecule has 0 fully saturated rings. The van der Waals surface area contributed by atoms with Crippen molar-refractivity contribution in [2.75, 3.05) is 7.11 Å². The zero-order chi connectivity index (χ0) is 24.1. The molecule has 2 aromatic rings. The van der Waals surface area contributed by atoms with Crippen molar-refractivity contribution in [2.45, 2.75) is 81.9 Å². The van der Waals surface area contributed by atoms with E-state index in [-0.39, 0.29) is 16.2 Å². The van der Waals surface area contributed by atoms with Crippen LogP contribution in [-0.4, -0.2) is 29.3 Å². The van der Waals surface area contributed by atoms with E-state index in [1.165, 1.54) is 19.2 Å². The third-order valence-electron chi connectivity index (χ3n) is 5.80. The molecule has 1 unspecified atom stereocenters. The molecular formula is C24H35NO5S2. The van der Waals surface area contributed by atoms with Crippen LogP contribution in [0.2, 0.25) is 0 Å². The first-order chi connectivity index (χ1) is 15.0. The summed E-state index contributed by atoms with van der Waals surface area (Å²) in [7, 11) is -6.47. The molecule has 0 aliphatic carbocycles. The lowest BCUT2D eigenvalue weighted by atomic mass is 10.1. The van der Waals surface area contributed by atoms with Crippen LogP contribution in [0, 0.1) is 27.7 Å². The molecule has 0 amide bonds. The van der Waals surface area contributed by atoms with Gasteiger partial charge in [-0.05, 0) is 69.0 Å². The standard InChI is InChI=1S/C24H35NO5S2/c1-7-8-9-10-11-23(31(26,27)21-14-12-17(2)13-15-21)25-32(28,29)24-18(3)16-22(30-6)19(4)20(24)5/h12-16,23,25H,7-11H2,1-6H3. The fourth-order valence-corrected chi connectivity index (χ4v) is 7.63. The molecule has 0 aliphatic rings. The molecule has 0 saturated carbocycles. The maximum absolute atomic E-state index is 13.4. The Morgan fingerprint density at radius 3 is 2.09 bits per heavy atom. The number of aryl methyl sites for hydroxylation is 2. The van der Waals surface area contributed by atoms with Crippen LogP contribution in [0.25, 0.3) is 0 Å². The van der Waals surface area contributed by atoms with Crippen LogP contribution in [0.1, 0.15) is 61.3 Å². The van der Waals surface area contributed by atoms with Crippen LogP contribution < -0.4 is 9.46 Å². The fourth-order valence-electron chi connectivity index (χ4n) is 3.80. The van der Waals surface area contributed by atoms with E-state index in [1.54, 1.807) is 39.0 Å². The normalized spacial score (nSPS) is 13.2. The Morgan fingerprint density at radius 2 is 1.53 bits per heavy atom. The highest BCUT2D eigenvalue weighted by atomic mass is 32.2. The van der Waals surface area contributed by atoms with Crippen LogP contribution in [0.5, 0.6) is 5.75 Å². The number of hydrogen-bond acceptors (Lipinski definition) is 5. The van der Waals surface area contributed by atoms with Gasteiger partial charge < -0.3 is 4.74 Å². The predicted octanol–water partition coefficient (Wildman–Crippen LogP) is 4.98. The summed E-state index contributed by atoms with van der Waals surface area (Å²) in [6, 6.07) is 8.17. The van der Waals surface area contributed by atoms with Crippen molar-refractivity contribution in [3.8, 4) is 5.75 Å². The molecule has 0 radical (unpaired) electrons. The molecule has 0 spiro atoms. The highest BCUT2D eigenvalue weighted by Gasteiger charge is 2.33. The number of benzene rings is 2. The van der Waals surface area contributed by atoms with Gasteiger partial charge in [0.15, 0.2) is 9.84 Å². The number of unbranched alkanes of at least 4 members (excludes halogenated alkanes) is 3. The lowest BCUT2D eigenvalue weighted by molar-refractivity contribution is 0.410. The van der Waals surface area contributed by atoms with Gasteiger partial charge in [0, 0.05) is 0 Å². The molecule has 8 heteroatoms. The number of methoxy groups -OCH3 is 1. The summed E-state index contributed by atoms with van der Waals surface area (Å²) in [4.78, 5) is 0.221. The Bertz CT molecular complexity index is 1140. The third-order valence-corrected chi connectivity index (χ3v) is 9.74. The van der Waals surface area contributed by atoms with Crippen LogP contribution in [0.4, 0.5) is 0 Å². The molecule has 0 saturated heterocycles. The number of rotatable bonds is 11. The Balaban J connectivity index is 2.49. The van der Waals surface area contributed by atoms with E-state index in [2.05, 4.69) is 11.6 Å². The van der Waals surface area contributed by atoms with Gasteiger partial charge in [0.1, 0.15) is 11.1 Å². The van der Waals surface area contributed by atoms with E-state index in [0.29, 0.717) is 28.9 Å². The van der Waals surface area contributed by atoms with Crippen molar-refractivity contribution in [3.05, 3.63) is 52.6 Å². The van der Waals surface area contributed by atoms with Crippen LogP contribution >= 0.6 is 0 Å². The lowest BCUT2D eigenvalue weighted by Crippen LogP contribution is -2.41. The van der Waals surface area contributed by atoms with Crippen molar-refractivity contribution in [3.63, 3.8) is 0 Å². The van der Waals surface area contributed by atoms with E-state index in [1.807, 2.05) is 6.92 Å². The van der Waals surface area contributed by atoms with Crippen LogP contribution in [0.3, 0.4) is 0 Å². The molecule has 6 nitrogen and oxygen atoms in total. The minimum absolute atomic E-state index is 0.105. The van der Waals surface area contributed by atoms with Gasteiger partial charge in [-0.25, -0.2) is 16.8 Å². The van der Waals surface area contributed by atoms with Gasteiger partial charge in [-0.15, -0.1) is 0 Å². The van der Waals surface area contributed by atoms with Crippen molar-refractivity contribution in [1.29, 1.82) is 0 Å².